The number of ether oxygens (including phenoxy) is 6. The lowest BCUT2D eigenvalue weighted by Crippen LogP contribution is -2.47. The van der Waals surface area contributed by atoms with Crippen LogP contribution in [0.5, 0.6) is 0 Å². The Morgan fingerprint density at radius 1 is 0.571 bits per heavy atom. The van der Waals surface area contributed by atoms with Crippen molar-refractivity contribution in [3.63, 3.8) is 0 Å². The lowest BCUT2D eigenvalue weighted by atomic mass is 9.84. The van der Waals surface area contributed by atoms with Crippen molar-refractivity contribution >= 4 is 35.2 Å². The molecule has 0 saturated carbocycles. The Kier molecular flexibility index (Phi) is 14.9. The van der Waals surface area contributed by atoms with Gasteiger partial charge < -0.3 is 33.3 Å². The van der Waals surface area contributed by atoms with Gasteiger partial charge in [-0.15, -0.1) is 0 Å². The lowest BCUT2D eigenvalue weighted by molar-refractivity contribution is -0.134. The van der Waals surface area contributed by atoms with E-state index in [2.05, 4.69) is 0 Å². The molecule has 1 unspecified atom stereocenters. The van der Waals surface area contributed by atoms with Gasteiger partial charge in [0.05, 0.1) is 78.2 Å². The molecule has 2 heterocycles. The van der Waals surface area contributed by atoms with Crippen LogP contribution in [0.1, 0.15) is 61.8 Å². The fourth-order valence-electron chi connectivity index (χ4n) is 5.57. The molecule has 13 heteroatoms. The molecule has 2 aliphatic heterocycles. The Morgan fingerprint density at radius 3 is 1.29 bits per heavy atom. The summed E-state index contributed by atoms with van der Waals surface area (Å²) < 4.78 is 36.6. The maximum Gasteiger partial charge on any atom is 0.245 e. The number of carbonyl (C=O) groups is 2. The highest BCUT2D eigenvalue weighted by atomic mass is 35.5. The Labute approximate surface area is 262 Å². The summed E-state index contributed by atoms with van der Waals surface area (Å²) in [6.45, 7) is 21.2. The van der Waals surface area contributed by atoms with Gasteiger partial charge in [0.15, 0.2) is 5.78 Å². The molecular weight excluding hydrogens is 589 g/mol. The number of rotatable bonds is 21. The molecule has 246 valence electrons. The van der Waals surface area contributed by atoms with E-state index in [1.807, 2.05) is 55.4 Å². The second-order valence-electron chi connectivity index (χ2n) is 12.7. The third-order valence-electron chi connectivity index (χ3n) is 8.04. The van der Waals surface area contributed by atoms with Crippen LogP contribution in [-0.2, 0) is 38.0 Å². The normalized spacial score (nSPS) is 23.4. The molecular formula is C29H53Cl2N3O8. The van der Waals surface area contributed by atoms with Crippen LogP contribution in [-0.4, -0.2) is 134 Å². The summed E-state index contributed by atoms with van der Waals surface area (Å²) in [5.74, 6) is -0.0142. The first-order valence-electron chi connectivity index (χ1n) is 14.9. The minimum absolute atomic E-state index is 0.00930. The lowest BCUT2D eigenvalue weighted by Gasteiger charge is -2.35. The van der Waals surface area contributed by atoms with E-state index in [4.69, 9.17) is 52.0 Å². The van der Waals surface area contributed by atoms with E-state index in [0.717, 1.165) is 0 Å². The van der Waals surface area contributed by atoms with Gasteiger partial charge in [-0.25, -0.2) is 4.42 Å². The monoisotopic (exact) mass is 641 g/mol. The summed E-state index contributed by atoms with van der Waals surface area (Å²) in [6, 6.07) is 0. The van der Waals surface area contributed by atoms with Gasteiger partial charge in [0, 0.05) is 24.6 Å². The number of nitrogens with zero attached hydrogens (tertiary/aromatic N) is 3. The number of halogens is 2. The zero-order valence-corrected chi connectivity index (χ0v) is 28.4. The standard InChI is InChI=1S/C29H53Cl2N3O8/c1-26(2)23(24(35)27(3,4)33(26)30)9-11-37-13-15-39-17-19-41-21-22-42-20-18-40-16-14-38-12-10-32-25(36)28(5,6)34(31)29(32,7)8/h23H,9-22H2,1-8H3. The van der Waals surface area contributed by atoms with E-state index < -0.39 is 22.3 Å². The highest BCUT2D eigenvalue weighted by Gasteiger charge is 2.57. The topological polar surface area (TPSA) is 99.2 Å². The minimum Gasteiger partial charge on any atom is -0.379 e. The van der Waals surface area contributed by atoms with Crippen LogP contribution in [0.15, 0.2) is 0 Å². The largest absolute Gasteiger partial charge is 0.379 e. The van der Waals surface area contributed by atoms with E-state index in [1.54, 1.807) is 13.7 Å². The molecule has 2 aliphatic rings. The summed E-state index contributed by atoms with van der Waals surface area (Å²) in [5.41, 5.74) is -2.40. The summed E-state index contributed by atoms with van der Waals surface area (Å²) in [4.78, 5) is 27.1. The minimum atomic E-state index is -0.743. The van der Waals surface area contributed by atoms with Crippen molar-refractivity contribution in [2.45, 2.75) is 84.1 Å². The number of Topliss-reactive ketones (excluding diaryl/α,β-unsaturated/α-hetero) is 1. The zero-order chi connectivity index (χ0) is 31.6. The number of ketones is 1. The SMILES string of the molecule is CC1(C)C(=O)C(CCOCCOCCOCCOCCOCCOCCN2C(=O)C(C)(C)N(Cl)C2(C)C)C(C)(C)N1Cl. The Bertz CT molecular complexity index is 791. The number of hydrogen-bond donors (Lipinski definition) is 0. The van der Waals surface area contributed by atoms with Crippen LogP contribution in [0.2, 0.25) is 0 Å². The second kappa shape index (κ2) is 16.6. The van der Waals surface area contributed by atoms with Crippen LogP contribution in [0.3, 0.4) is 0 Å². The third-order valence-corrected chi connectivity index (χ3v) is 9.73. The number of carbonyl (C=O) groups excluding carboxylic acids is 2. The molecule has 2 saturated heterocycles. The Hall–Kier alpha value is -0.600. The fourth-order valence-corrected chi connectivity index (χ4v) is 5.94. The third kappa shape index (κ3) is 9.45. The van der Waals surface area contributed by atoms with Crippen molar-refractivity contribution in [2.75, 3.05) is 85.8 Å². The van der Waals surface area contributed by atoms with Crippen LogP contribution in [0.25, 0.3) is 0 Å². The quantitative estimate of drug-likeness (QED) is 0.137. The zero-order valence-electron chi connectivity index (χ0n) is 26.8. The fraction of sp³-hybridized carbons (Fsp3) is 0.931. The molecule has 0 radical (unpaired) electrons. The van der Waals surface area contributed by atoms with Gasteiger partial charge in [0.1, 0.15) is 11.2 Å². The van der Waals surface area contributed by atoms with E-state index >= 15 is 0 Å². The molecule has 42 heavy (non-hydrogen) atoms. The van der Waals surface area contributed by atoms with Crippen molar-refractivity contribution in [3.05, 3.63) is 0 Å². The first-order valence-corrected chi connectivity index (χ1v) is 15.5. The molecule has 0 bridgehead atoms. The predicted octanol–water partition coefficient (Wildman–Crippen LogP) is 3.50. The van der Waals surface area contributed by atoms with Crippen molar-refractivity contribution in [1.29, 1.82) is 0 Å². The molecule has 2 fully saturated rings. The highest BCUT2D eigenvalue weighted by Crippen LogP contribution is 2.45. The molecule has 0 aliphatic carbocycles. The molecule has 2 rings (SSSR count). The van der Waals surface area contributed by atoms with Gasteiger partial charge in [0.25, 0.3) is 0 Å². The average Bonchev–Trinajstić information content (AvgIpc) is 3.11. The molecule has 0 aromatic rings. The molecule has 0 N–H and O–H groups in total. The average molecular weight is 643 g/mol. The predicted molar refractivity (Wildman–Crippen MR) is 161 cm³/mol. The van der Waals surface area contributed by atoms with E-state index in [0.29, 0.717) is 92.2 Å². The van der Waals surface area contributed by atoms with Gasteiger partial charge in [-0.1, -0.05) is 0 Å². The maximum atomic E-state index is 12.7. The van der Waals surface area contributed by atoms with Gasteiger partial charge in [0.2, 0.25) is 5.91 Å². The van der Waals surface area contributed by atoms with Crippen LogP contribution < -0.4 is 0 Å². The number of amides is 1. The summed E-state index contributed by atoms with van der Waals surface area (Å²) in [5, 5.41) is 0. The second-order valence-corrected chi connectivity index (χ2v) is 13.3. The van der Waals surface area contributed by atoms with Crippen molar-refractivity contribution in [1.82, 2.24) is 13.7 Å². The van der Waals surface area contributed by atoms with E-state index in [-0.39, 0.29) is 17.6 Å². The van der Waals surface area contributed by atoms with Gasteiger partial charge >= 0.3 is 0 Å². The van der Waals surface area contributed by atoms with Gasteiger partial charge in [-0.05, 0) is 85.4 Å². The smallest absolute Gasteiger partial charge is 0.245 e. The molecule has 11 nitrogen and oxygen atoms in total. The first-order chi connectivity index (χ1) is 19.6. The van der Waals surface area contributed by atoms with Crippen LogP contribution in [0, 0.1) is 5.92 Å². The summed E-state index contributed by atoms with van der Waals surface area (Å²) in [6.07, 6.45) is 0.633. The van der Waals surface area contributed by atoms with Crippen molar-refractivity contribution < 1.29 is 38.0 Å². The summed E-state index contributed by atoms with van der Waals surface area (Å²) >= 11 is 12.8. The van der Waals surface area contributed by atoms with Gasteiger partial charge in [-0.2, -0.15) is 4.42 Å². The van der Waals surface area contributed by atoms with Crippen molar-refractivity contribution in [3.8, 4) is 0 Å². The number of hydrogen-bond acceptors (Lipinski definition) is 10. The van der Waals surface area contributed by atoms with E-state index in [1.165, 1.54) is 0 Å². The van der Waals surface area contributed by atoms with Gasteiger partial charge in [-0.3, -0.25) is 9.59 Å². The van der Waals surface area contributed by atoms with Crippen LogP contribution in [0.4, 0.5) is 0 Å². The summed E-state index contributed by atoms with van der Waals surface area (Å²) in [7, 11) is 0. The van der Waals surface area contributed by atoms with Crippen molar-refractivity contribution in [2.24, 2.45) is 5.92 Å². The molecule has 0 aromatic heterocycles. The molecule has 1 amide bonds. The molecule has 0 spiro atoms. The Balaban J connectivity index is 1.33. The maximum absolute atomic E-state index is 12.7. The first kappa shape index (κ1) is 37.6. The Morgan fingerprint density at radius 2 is 0.952 bits per heavy atom. The molecule has 0 aromatic carbocycles. The van der Waals surface area contributed by atoms with E-state index in [9.17, 15) is 9.59 Å². The molecule has 1 atom stereocenters. The van der Waals surface area contributed by atoms with Crippen LogP contribution >= 0.6 is 23.6 Å². The highest BCUT2D eigenvalue weighted by molar-refractivity contribution is 6.18.